The van der Waals surface area contributed by atoms with Crippen molar-refractivity contribution in [3.05, 3.63) is 58.0 Å². The summed E-state index contributed by atoms with van der Waals surface area (Å²) >= 11 is 3.23. The van der Waals surface area contributed by atoms with Gasteiger partial charge in [0.15, 0.2) is 4.67 Å². The van der Waals surface area contributed by atoms with Crippen LogP contribution in [0.2, 0.25) is 0 Å². The number of furan rings is 1. The molecule has 0 fully saturated rings. The zero-order chi connectivity index (χ0) is 13.1. The highest BCUT2D eigenvalue weighted by Gasteiger charge is 2.24. The van der Waals surface area contributed by atoms with Gasteiger partial charge in [0.2, 0.25) is 0 Å². The minimum absolute atomic E-state index is 0.00134. The first-order valence-electron chi connectivity index (χ1n) is 5.55. The summed E-state index contributed by atoms with van der Waals surface area (Å²) in [4.78, 5) is 0. The molecule has 0 aliphatic carbocycles. The van der Waals surface area contributed by atoms with Crippen LogP contribution in [0, 0.1) is 11.6 Å². The minimum Gasteiger partial charge on any atom is -0.457 e. The number of halogens is 3. The monoisotopic (exact) mass is 315 g/mol. The SMILES string of the molecule is CCNC(c1ccoc1Br)c1c(F)cccc1F. The first kappa shape index (κ1) is 13.2. The average Bonchev–Trinajstić information content (AvgIpc) is 2.74. The Morgan fingerprint density at radius 2 is 1.94 bits per heavy atom. The van der Waals surface area contributed by atoms with Crippen LogP contribution in [-0.2, 0) is 0 Å². The van der Waals surface area contributed by atoms with Gasteiger partial charge < -0.3 is 9.73 Å². The maximum Gasteiger partial charge on any atom is 0.174 e. The van der Waals surface area contributed by atoms with Gasteiger partial charge in [0.05, 0.1) is 12.3 Å². The van der Waals surface area contributed by atoms with E-state index < -0.39 is 17.7 Å². The van der Waals surface area contributed by atoms with Crippen molar-refractivity contribution in [3.63, 3.8) is 0 Å². The molecule has 2 aromatic rings. The van der Waals surface area contributed by atoms with E-state index in [1.54, 1.807) is 6.07 Å². The summed E-state index contributed by atoms with van der Waals surface area (Å²) in [6.07, 6.45) is 1.47. The van der Waals surface area contributed by atoms with Gasteiger partial charge in [-0.15, -0.1) is 0 Å². The molecule has 0 amide bonds. The number of rotatable bonds is 4. The van der Waals surface area contributed by atoms with Crippen LogP contribution < -0.4 is 5.32 Å². The van der Waals surface area contributed by atoms with Gasteiger partial charge in [0, 0.05) is 11.1 Å². The van der Waals surface area contributed by atoms with E-state index in [0.717, 1.165) is 0 Å². The Morgan fingerprint density at radius 1 is 1.28 bits per heavy atom. The molecule has 0 radical (unpaired) electrons. The van der Waals surface area contributed by atoms with E-state index in [2.05, 4.69) is 21.2 Å². The summed E-state index contributed by atoms with van der Waals surface area (Å²) in [5.41, 5.74) is 0.669. The molecule has 5 heteroatoms. The third-order valence-corrected chi connectivity index (χ3v) is 3.30. The van der Waals surface area contributed by atoms with Crippen LogP contribution in [0.4, 0.5) is 8.78 Å². The van der Waals surface area contributed by atoms with Crippen molar-refractivity contribution in [2.45, 2.75) is 13.0 Å². The molecule has 1 N–H and O–H groups in total. The van der Waals surface area contributed by atoms with Crippen molar-refractivity contribution in [2.75, 3.05) is 6.54 Å². The van der Waals surface area contributed by atoms with Gasteiger partial charge in [-0.1, -0.05) is 13.0 Å². The van der Waals surface area contributed by atoms with Crippen LogP contribution in [0.25, 0.3) is 0 Å². The third kappa shape index (κ3) is 2.47. The molecule has 0 saturated heterocycles. The molecule has 0 aliphatic heterocycles. The van der Waals surface area contributed by atoms with Gasteiger partial charge >= 0.3 is 0 Å². The largest absolute Gasteiger partial charge is 0.457 e. The lowest BCUT2D eigenvalue weighted by atomic mass is 10.00. The van der Waals surface area contributed by atoms with Crippen molar-refractivity contribution < 1.29 is 13.2 Å². The molecule has 2 nitrogen and oxygen atoms in total. The molecule has 1 heterocycles. The molecular weight excluding hydrogens is 304 g/mol. The normalized spacial score (nSPS) is 12.7. The summed E-state index contributed by atoms with van der Waals surface area (Å²) < 4.78 is 33.2. The smallest absolute Gasteiger partial charge is 0.174 e. The molecule has 1 aromatic carbocycles. The summed E-state index contributed by atoms with van der Waals surface area (Å²) in [6, 6.07) is 4.95. The topological polar surface area (TPSA) is 25.2 Å². The highest BCUT2D eigenvalue weighted by molar-refractivity contribution is 9.10. The fraction of sp³-hybridized carbons (Fsp3) is 0.231. The molecule has 96 valence electrons. The van der Waals surface area contributed by atoms with Crippen LogP contribution in [0.1, 0.15) is 24.1 Å². The maximum absolute atomic E-state index is 13.8. The fourth-order valence-corrected chi connectivity index (χ4v) is 2.34. The lowest BCUT2D eigenvalue weighted by molar-refractivity contribution is 0.496. The molecule has 0 aliphatic rings. The van der Waals surface area contributed by atoms with Crippen LogP contribution in [0.5, 0.6) is 0 Å². The Bertz CT molecular complexity index is 521. The Labute approximate surface area is 112 Å². The third-order valence-electron chi connectivity index (χ3n) is 2.65. The van der Waals surface area contributed by atoms with Crippen LogP contribution in [0.15, 0.2) is 39.6 Å². The van der Waals surface area contributed by atoms with E-state index >= 15 is 0 Å². The number of benzene rings is 1. The maximum atomic E-state index is 13.8. The average molecular weight is 316 g/mol. The predicted octanol–water partition coefficient (Wildman–Crippen LogP) is 4.02. The van der Waals surface area contributed by atoms with Gasteiger partial charge in [-0.25, -0.2) is 8.78 Å². The molecule has 0 bridgehead atoms. The fourth-order valence-electron chi connectivity index (χ4n) is 1.87. The van der Waals surface area contributed by atoms with E-state index in [4.69, 9.17) is 4.42 Å². The van der Waals surface area contributed by atoms with Gasteiger partial charge in [-0.3, -0.25) is 0 Å². The standard InChI is InChI=1S/C13H12BrF2NO/c1-2-17-12(8-6-7-18-13(8)14)11-9(15)4-3-5-10(11)16/h3-7,12,17H,2H2,1H3. The Kier molecular flexibility index (Phi) is 4.14. The van der Waals surface area contributed by atoms with Crippen molar-refractivity contribution >= 4 is 15.9 Å². The molecule has 0 spiro atoms. The molecule has 1 atom stereocenters. The Morgan fingerprint density at radius 3 is 2.44 bits per heavy atom. The second kappa shape index (κ2) is 5.63. The lowest BCUT2D eigenvalue weighted by Gasteiger charge is -2.18. The quantitative estimate of drug-likeness (QED) is 0.922. The van der Waals surface area contributed by atoms with E-state index in [1.165, 1.54) is 24.5 Å². The first-order chi connectivity index (χ1) is 8.65. The van der Waals surface area contributed by atoms with Gasteiger partial charge in [-0.2, -0.15) is 0 Å². The number of nitrogens with one attached hydrogen (secondary N) is 1. The molecule has 0 saturated carbocycles. The van der Waals surface area contributed by atoms with E-state index in [-0.39, 0.29) is 5.56 Å². The molecule has 1 unspecified atom stereocenters. The van der Waals surface area contributed by atoms with E-state index in [0.29, 0.717) is 16.8 Å². The van der Waals surface area contributed by atoms with Crippen LogP contribution in [0.3, 0.4) is 0 Å². The summed E-state index contributed by atoms with van der Waals surface area (Å²) in [5.74, 6) is -1.15. The molecule has 2 rings (SSSR count). The second-order valence-electron chi connectivity index (χ2n) is 3.78. The van der Waals surface area contributed by atoms with Crippen LogP contribution in [-0.4, -0.2) is 6.54 Å². The summed E-state index contributed by atoms with van der Waals surface area (Å²) in [7, 11) is 0. The van der Waals surface area contributed by atoms with E-state index in [1.807, 2.05) is 6.92 Å². The van der Waals surface area contributed by atoms with E-state index in [9.17, 15) is 8.78 Å². The Balaban J connectivity index is 2.52. The van der Waals surface area contributed by atoms with Gasteiger partial charge in [-0.05, 0) is 40.7 Å². The molecule has 18 heavy (non-hydrogen) atoms. The van der Waals surface area contributed by atoms with Gasteiger partial charge in [0.25, 0.3) is 0 Å². The zero-order valence-corrected chi connectivity index (χ0v) is 11.3. The van der Waals surface area contributed by atoms with Crippen LogP contribution >= 0.6 is 15.9 Å². The molecule has 1 aromatic heterocycles. The number of hydrogen-bond acceptors (Lipinski definition) is 2. The molecular formula is C13H12BrF2NO. The highest BCUT2D eigenvalue weighted by atomic mass is 79.9. The Hall–Kier alpha value is -1.20. The lowest BCUT2D eigenvalue weighted by Crippen LogP contribution is -2.24. The van der Waals surface area contributed by atoms with Crippen molar-refractivity contribution in [2.24, 2.45) is 0 Å². The predicted molar refractivity (Wildman–Crippen MR) is 68.3 cm³/mol. The highest BCUT2D eigenvalue weighted by Crippen LogP contribution is 2.32. The van der Waals surface area contributed by atoms with Gasteiger partial charge in [0.1, 0.15) is 11.6 Å². The van der Waals surface area contributed by atoms with Crippen molar-refractivity contribution in [3.8, 4) is 0 Å². The zero-order valence-electron chi connectivity index (χ0n) is 9.71. The first-order valence-corrected chi connectivity index (χ1v) is 6.34. The number of hydrogen-bond donors (Lipinski definition) is 1. The second-order valence-corrected chi connectivity index (χ2v) is 4.50. The summed E-state index contributed by atoms with van der Waals surface area (Å²) in [6.45, 7) is 2.45. The minimum atomic E-state index is -0.579. The van der Waals surface area contributed by atoms with Crippen molar-refractivity contribution in [1.29, 1.82) is 0 Å². The summed E-state index contributed by atoms with van der Waals surface area (Å²) in [5, 5.41) is 3.05. The van der Waals surface area contributed by atoms with Crippen molar-refractivity contribution in [1.82, 2.24) is 5.32 Å².